The Kier molecular flexibility index (Phi) is 6.76. The van der Waals surface area contributed by atoms with Gasteiger partial charge < -0.3 is 15.2 Å². The van der Waals surface area contributed by atoms with E-state index in [1.807, 2.05) is 37.3 Å². The number of anilines is 1. The normalized spacial score (nSPS) is 10.7. The van der Waals surface area contributed by atoms with E-state index in [2.05, 4.69) is 47.8 Å². The minimum atomic E-state index is -0.0701. The third-order valence-corrected chi connectivity index (χ3v) is 5.38. The van der Waals surface area contributed by atoms with E-state index in [1.165, 1.54) is 11.1 Å². The van der Waals surface area contributed by atoms with E-state index in [4.69, 9.17) is 4.52 Å². The molecule has 0 atom stereocenters. The average Bonchev–Trinajstić information content (AvgIpc) is 3.10. The first-order valence-electron chi connectivity index (χ1n) is 9.26. The van der Waals surface area contributed by atoms with Gasteiger partial charge in [0.25, 0.3) is 5.91 Å². The molecule has 1 aromatic heterocycles. The Hall–Kier alpha value is -2.73. The molecule has 0 radical (unpaired) electrons. The molecule has 3 aromatic rings. The van der Waals surface area contributed by atoms with Gasteiger partial charge in [-0.1, -0.05) is 35.0 Å². The van der Waals surface area contributed by atoms with Crippen molar-refractivity contribution in [2.45, 2.75) is 31.4 Å². The molecule has 1 heterocycles. The Labute approximate surface area is 169 Å². The van der Waals surface area contributed by atoms with Crippen LogP contribution >= 0.6 is 11.8 Å². The smallest absolute Gasteiger partial charge is 0.252 e. The van der Waals surface area contributed by atoms with Gasteiger partial charge in [0.05, 0.1) is 17.0 Å². The van der Waals surface area contributed by atoms with Crippen LogP contribution < -0.4 is 10.6 Å². The largest absolute Gasteiger partial charge is 0.383 e. The molecule has 0 spiro atoms. The lowest BCUT2D eigenvalue weighted by atomic mass is 10.1. The summed E-state index contributed by atoms with van der Waals surface area (Å²) >= 11 is 1.57. The summed E-state index contributed by atoms with van der Waals surface area (Å²) < 4.78 is 5.25. The molecule has 0 bridgehead atoms. The van der Waals surface area contributed by atoms with Crippen LogP contribution in [0.4, 0.5) is 5.69 Å². The zero-order valence-electron chi connectivity index (χ0n) is 16.4. The van der Waals surface area contributed by atoms with E-state index in [0.29, 0.717) is 24.4 Å². The van der Waals surface area contributed by atoms with Crippen molar-refractivity contribution in [2.75, 3.05) is 18.4 Å². The number of thioether (sulfide) groups is 1. The van der Waals surface area contributed by atoms with Gasteiger partial charge in [-0.25, -0.2) is 0 Å². The number of amides is 1. The van der Waals surface area contributed by atoms with E-state index in [9.17, 15) is 4.79 Å². The number of carbonyl (C=O) groups excluding carboxylic acids is 1. The maximum absolute atomic E-state index is 12.6. The molecular formula is C22H25N3O2S. The molecule has 28 heavy (non-hydrogen) atoms. The van der Waals surface area contributed by atoms with Crippen LogP contribution in [0.1, 0.15) is 32.9 Å². The summed E-state index contributed by atoms with van der Waals surface area (Å²) in [5.41, 5.74) is 5.08. The maximum Gasteiger partial charge on any atom is 0.252 e. The highest BCUT2D eigenvalue weighted by molar-refractivity contribution is 7.98. The number of hydrogen-bond acceptors (Lipinski definition) is 5. The first-order valence-corrected chi connectivity index (χ1v) is 10.2. The van der Waals surface area contributed by atoms with Crippen LogP contribution in [-0.2, 0) is 5.75 Å². The van der Waals surface area contributed by atoms with Gasteiger partial charge in [0.15, 0.2) is 0 Å². The molecule has 0 saturated heterocycles. The highest BCUT2D eigenvalue weighted by Crippen LogP contribution is 2.26. The minimum absolute atomic E-state index is 0.0701. The average molecular weight is 396 g/mol. The van der Waals surface area contributed by atoms with Gasteiger partial charge in [0.2, 0.25) is 0 Å². The number of aromatic nitrogens is 1. The van der Waals surface area contributed by atoms with Gasteiger partial charge >= 0.3 is 0 Å². The minimum Gasteiger partial charge on any atom is -0.383 e. The molecule has 2 N–H and O–H groups in total. The highest BCUT2D eigenvalue weighted by Gasteiger charge is 2.12. The molecular weight excluding hydrogens is 370 g/mol. The molecule has 0 aliphatic heterocycles. The lowest BCUT2D eigenvalue weighted by Crippen LogP contribution is -2.29. The fourth-order valence-corrected chi connectivity index (χ4v) is 3.82. The van der Waals surface area contributed by atoms with Crippen LogP contribution in [0, 0.1) is 20.8 Å². The van der Waals surface area contributed by atoms with Gasteiger partial charge in [-0.05, 0) is 44.5 Å². The summed E-state index contributed by atoms with van der Waals surface area (Å²) in [6.07, 6.45) is 0. The fourth-order valence-electron chi connectivity index (χ4n) is 2.89. The zero-order valence-corrected chi connectivity index (χ0v) is 17.2. The second kappa shape index (κ2) is 9.46. The lowest BCUT2D eigenvalue weighted by molar-refractivity contribution is 0.0952. The second-order valence-corrected chi connectivity index (χ2v) is 7.74. The Morgan fingerprint density at radius 3 is 2.64 bits per heavy atom. The van der Waals surface area contributed by atoms with Gasteiger partial charge in [-0.2, -0.15) is 0 Å². The van der Waals surface area contributed by atoms with Crippen molar-refractivity contribution >= 4 is 23.4 Å². The quantitative estimate of drug-likeness (QED) is 0.426. The van der Waals surface area contributed by atoms with E-state index < -0.39 is 0 Å². The third kappa shape index (κ3) is 5.39. The summed E-state index contributed by atoms with van der Waals surface area (Å²) in [4.78, 5) is 13.5. The molecule has 0 unspecified atom stereocenters. The van der Waals surface area contributed by atoms with Gasteiger partial charge in [-0.15, -0.1) is 11.8 Å². The van der Waals surface area contributed by atoms with Crippen LogP contribution in [0.5, 0.6) is 0 Å². The van der Waals surface area contributed by atoms with Crippen molar-refractivity contribution in [2.24, 2.45) is 0 Å². The van der Waals surface area contributed by atoms with Crippen molar-refractivity contribution in [3.05, 3.63) is 76.7 Å². The number of carbonyl (C=O) groups is 1. The molecule has 5 nitrogen and oxygen atoms in total. The van der Waals surface area contributed by atoms with E-state index in [0.717, 1.165) is 22.0 Å². The number of benzene rings is 2. The van der Waals surface area contributed by atoms with Gasteiger partial charge in [0.1, 0.15) is 5.76 Å². The van der Waals surface area contributed by atoms with E-state index in [-0.39, 0.29) is 5.91 Å². The van der Waals surface area contributed by atoms with Crippen molar-refractivity contribution in [1.82, 2.24) is 10.5 Å². The molecule has 0 aliphatic carbocycles. The number of nitrogens with zero attached hydrogens (tertiary/aromatic N) is 1. The summed E-state index contributed by atoms with van der Waals surface area (Å²) in [6, 6.07) is 15.8. The SMILES string of the molecule is Cc1ccc(NCCNC(=O)c2ccccc2SCc2cc(C)no2)c(C)c1. The van der Waals surface area contributed by atoms with E-state index in [1.54, 1.807) is 11.8 Å². The maximum atomic E-state index is 12.6. The first kappa shape index (κ1) is 20.0. The molecule has 146 valence electrons. The monoisotopic (exact) mass is 395 g/mol. The Morgan fingerprint density at radius 2 is 1.89 bits per heavy atom. The van der Waals surface area contributed by atoms with Crippen molar-refractivity contribution in [3.8, 4) is 0 Å². The fraction of sp³-hybridized carbons (Fsp3) is 0.273. The first-order chi connectivity index (χ1) is 13.5. The third-order valence-electron chi connectivity index (χ3n) is 4.29. The van der Waals surface area contributed by atoms with Crippen LogP contribution in [0.15, 0.2) is 57.9 Å². The highest BCUT2D eigenvalue weighted by atomic mass is 32.2. The van der Waals surface area contributed by atoms with Crippen LogP contribution in [-0.4, -0.2) is 24.2 Å². The summed E-state index contributed by atoms with van der Waals surface area (Å²) in [5, 5.41) is 10.3. The number of rotatable bonds is 8. The number of nitrogens with one attached hydrogen (secondary N) is 2. The predicted octanol–water partition coefficient (Wildman–Crippen LogP) is 4.73. The van der Waals surface area contributed by atoms with Crippen LogP contribution in [0.2, 0.25) is 0 Å². The molecule has 0 fully saturated rings. The van der Waals surface area contributed by atoms with Crippen LogP contribution in [0.3, 0.4) is 0 Å². The molecule has 3 rings (SSSR count). The molecule has 1 amide bonds. The predicted molar refractivity (Wildman–Crippen MR) is 114 cm³/mol. The lowest BCUT2D eigenvalue weighted by Gasteiger charge is -2.12. The standard InChI is InChI=1S/C22H25N3O2S/c1-15-8-9-20(16(2)12-15)23-10-11-24-22(26)19-6-4-5-7-21(19)28-14-18-13-17(3)25-27-18/h4-9,12-13,23H,10-11,14H2,1-3H3,(H,24,26). The van der Waals surface area contributed by atoms with Gasteiger partial charge in [0, 0.05) is 29.7 Å². The molecule has 0 saturated carbocycles. The van der Waals surface area contributed by atoms with E-state index >= 15 is 0 Å². The Bertz CT molecular complexity index is 952. The van der Waals surface area contributed by atoms with Crippen molar-refractivity contribution in [3.63, 3.8) is 0 Å². The van der Waals surface area contributed by atoms with Crippen LogP contribution in [0.25, 0.3) is 0 Å². The number of hydrogen-bond donors (Lipinski definition) is 2. The van der Waals surface area contributed by atoms with Crippen molar-refractivity contribution in [1.29, 1.82) is 0 Å². The second-order valence-electron chi connectivity index (χ2n) is 6.72. The number of aryl methyl sites for hydroxylation is 3. The van der Waals surface area contributed by atoms with Gasteiger partial charge in [-0.3, -0.25) is 4.79 Å². The molecule has 6 heteroatoms. The Morgan fingerprint density at radius 1 is 1.07 bits per heavy atom. The molecule has 2 aromatic carbocycles. The topological polar surface area (TPSA) is 67.2 Å². The Balaban J connectivity index is 1.52. The summed E-state index contributed by atoms with van der Waals surface area (Å²) in [5.74, 6) is 1.37. The van der Waals surface area contributed by atoms with Crippen molar-refractivity contribution < 1.29 is 9.32 Å². The summed E-state index contributed by atoms with van der Waals surface area (Å²) in [6.45, 7) is 7.27. The zero-order chi connectivity index (χ0) is 19.9. The summed E-state index contributed by atoms with van der Waals surface area (Å²) in [7, 11) is 0. The molecule has 0 aliphatic rings.